The number of hydrogen-bond acceptors (Lipinski definition) is 2. The summed E-state index contributed by atoms with van der Waals surface area (Å²) in [6.45, 7) is 4.17. The first kappa shape index (κ1) is 16.9. The summed E-state index contributed by atoms with van der Waals surface area (Å²) in [6.07, 6.45) is 2.07. The minimum atomic E-state index is -0.263. The average Bonchev–Trinajstić information content (AvgIpc) is 3.18. The van der Waals surface area contributed by atoms with Crippen LogP contribution in [0.2, 0.25) is 0 Å². The van der Waals surface area contributed by atoms with Crippen LogP contribution >= 0.6 is 12.4 Å². The van der Waals surface area contributed by atoms with Crippen LogP contribution in [-0.2, 0) is 11.3 Å². The van der Waals surface area contributed by atoms with Gasteiger partial charge in [-0.2, -0.15) is 0 Å². The SMILES string of the molecule is CC(N)C(C)C(=O)N(Cc1cccc(F)c1)C1CC1.Cl. The zero-order chi connectivity index (χ0) is 14.0. The molecule has 0 radical (unpaired) electrons. The number of carbonyl (C=O) groups excluding carboxylic acids is 1. The van der Waals surface area contributed by atoms with Crippen LogP contribution in [-0.4, -0.2) is 22.9 Å². The highest BCUT2D eigenvalue weighted by Crippen LogP contribution is 2.30. The summed E-state index contributed by atoms with van der Waals surface area (Å²) < 4.78 is 13.2. The van der Waals surface area contributed by atoms with Gasteiger partial charge in [0.05, 0.1) is 5.92 Å². The summed E-state index contributed by atoms with van der Waals surface area (Å²) in [5, 5.41) is 0. The fraction of sp³-hybridized carbons (Fsp3) is 0.533. The quantitative estimate of drug-likeness (QED) is 0.909. The standard InChI is InChI=1S/C15H21FN2O.ClH/c1-10(11(2)17)15(19)18(14-6-7-14)9-12-4-3-5-13(16)8-12;/h3-5,8,10-11,14H,6-7,9,17H2,1-2H3;1H. The van der Waals surface area contributed by atoms with Crippen molar-refractivity contribution in [2.75, 3.05) is 0 Å². The molecule has 0 saturated heterocycles. The molecule has 20 heavy (non-hydrogen) atoms. The lowest BCUT2D eigenvalue weighted by Crippen LogP contribution is -2.42. The van der Waals surface area contributed by atoms with Crippen LogP contribution in [0, 0.1) is 11.7 Å². The van der Waals surface area contributed by atoms with E-state index in [0.717, 1.165) is 18.4 Å². The van der Waals surface area contributed by atoms with Crippen molar-refractivity contribution in [3.8, 4) is 0 Å². The maximum Gasteiger partial charge on any atom is 0.227 e. The molecule has 112 valence electrons. The number of nitrogens with zero attached hydrogens (tertiary/aromatic N) is 1. The van der Waals surface area contributed by atoms with Crippen molar-refractivity contribution in [2.24, 2.45) is 11.7 Å². The molecule has 1 aliphatic carbocycles. The third-order valence-electron chi connectivity index (χ3n) is 3.69. The summed E-state index contributed by atoms with van der Waals surface area (Å²) in [6, 6.07) is 6.56. The predicted octanol–water partition coefficient (Wildman–Crippen LogP) is 2.72. The summed E-state index contributed by atoms with van der Waals surface area (Å²) in [5.74, 6) is -0.392. The van der Waals surface area contributed by atoms with Gasteiger partial charge in [0.15, 0.2) is 0 Å². The highest BCUT2D eigenvalue weighted by molar-refractivity contribution is 5.85. The third-order valence-corrected chi connectivity index (χ3v) is 3.69. The zero-order valence-electron chi connectivity index (χ0n) is 11.9. The van der Waals surface area contributed by atoms with Gasteiger partial charge in [-0.3, -0.25) is 4.79 Å². The van der Waals surface area contributed by atoms with Crippen LogP contribution < -0.4 is 5.73 Å². The van der Waals surface area contributed by atoms with Crippen LogP contribution in [0.25, 0.3) is 0 Å². The van der Waals surface area contributed by atoms with E-state index in [1.54, 1.807) is 6.07 Å². The van der Waals surface area contributed by atoms with Crippen molar-refractivity contribution < 1.29 is 9.18 Å². The van der Waals surface area contributed by atoms with E-state index < -0.39 is 0 Å². The second-order valence-electron chi connectivity index (χ2n) is 5.48. The molecule has 0 spiro atoms. The molecule has 2 N–H and O–H groups in total. The third kappa shape index (κ3) is 4.18. The van der Waals surface area contributed by atoms with Crippen molar-refractivity contribution >= 4 is 18.3 Å². The zero-order valence-corrected chi connectivity index (χ0v) is 12.7. The van der Waals surface area contributed by atoms with E-state index in [9.17, 15) is 9.18 Å². The van der Waals surface area contributed by atoms with Crippen molar-refractivity contribution in [1.82, 2.24) is 4.90 Å². The maximum absolute atomic E-state index is 13.2. The van der Waals surface area contributed by atoms with Gasteiger partial charge in [-0.15, -0.1) is 12.4 Å². The average molecular weight is 301 g/mol. The molecular formula is C15H22ClFN2O. The molecule has 1 saturated carbocycles. The minimum Gasteiger partial charge on any atom is -0.335 e. The predicted molar refractivity (Wildman–Crippen MR) is 80.0 cm³/mol. The Labute approximate surface area is 125 Å². The van der Waals surface area contributed by atoms with Gasteiger partial charge in [-0.1, -0.05) is 19.1 Å². The normalized spacial score (nSPS) is 17.0. The minimum absolute atomic E-state index is 0. The van der Waals surface area contributed by atoms with Gasteiger partial charge in [-0.05, 0) is 37.5 Å². The second-order valence-corrected chi connectivity index (χ2v) is 5.48. The van der Waals surface area contributed by atoms with Crippen molar-refractivity contribution in [1.29, 1.82) is 0 Å². The van der Waals surface area contributed by atoms with Gasteiger partial charge in [-0.25, -0.2) is 4.39 Å². The van der Waals surface area contributed by atoms with Crippen molar-refractivity contribution in [3.63, 3.8) is 0 Å². The van der Waals surface area contributed by atoms with E-state index >= 15 is 0 Å². The van der Waals surface area contributed by atoms with E-state index in [4.69, 9.17) is 5.73 Å². The van der Waals surface area contributed by atoms with Gasteiger partial charge in [0.2, 0.25) is 5.91 Å². The van der Waals surface area contributed by atoms with Crippen LogP contribution in [0.3, 0.4) is 0 Å². The molecule has 1 aromatic carbocycles. The molecule has 2 atom stereocenters. The number of carbonyl (C=O) groups is 1. The Morgan fingerprint density at radius 1 is 1.45 bits per heavy atom. The number of halogens is 2. The first-order valence-corrected chi connectivity index (χ1v) is 6.79. The monoisotopic (exact) mass is 300 g/mol. The molecule has 1 amide bonds. The van der Waals surface area contributed by atoms with Gasteiger partial charge in [0.1, 0.15) is 5.82 Å². The van der Waals surface area contributed by atoms with Crippen LogP contribution in [0.1, 0.15) is 32.3 Å². The van der Waals surface area contributed by atoms with Gasteiger partial charge >= 0.3 is 0 Å². The molecule has 1 aromatic rings. The van der Waals surface area contributed by atoms with E-state index in [2.05, 4.69) is 0 Å². The molecule has 1 aliphatic rings. The van der Waals surface area contributed by atoms with Crippen molar-refractivity contribution in [2.45, 2.75) is 45.3 Å². The van der Waals surface area contributed by atoms with Crippen LogP contribution in [0.4, 0.5) is 4.39 Å². The Morgan fingerprint density at radius 3 is 2.60 bits per heavy atom. The lowest BCUT2D eigenvalue weighted by atomic mass is 10.0. The topological polar surface area (TPSA) is 46.3 Å². The Morgan fingerprint density at radius 2 is 2.10 bits per heavy atom. The summed E-state index contributed by atoms with van der Waals surface area (Å²) in [4.78, 5) is 14.3. The summed E-state index contributed by atoms with van der Waals surface area (Å²) >= 11 is 0. The fourth-order valence-corrected chi connectivity index (χ4v) is 2.09. The highest BCUT2D eigenvalue weighted by Gasteiger charge is 2.35. The number of amides is 1. The second kappa shape index (κ2) is 7.04. The van der Waals surface area contributed by atoms with Crippen LogP contribution in [0.5, 0.6) is 0 Å². The smallest absolute Gasteiger partial charge is 0.227 e. The molecule has 2 unspecified atom stereocenters. The molecule has 1 fully saturated rings. The van der Waals surface area contributed by atoms with E-state index in [-0.39, 0.29) is 36.1 Å². The van der Waals surface area contributed by atoms with Crippen molar-refractivity contribution in [3.05, 3.63) is 35.6 Å². The molecule has 0 aromatic heterocycles. The first-order chi connectivity index (χ1) is 8.99. The maximum atomic E-state index is 13.2. The Balaban J connectivity index is 0.00000200. The lowest BCUT2D eigenvalue weighted by Gasteiger charge is -2.27. The fourth-order valence-electron chi connectivity index (χ4n) is 2.09. The molecular weight excluding hydrogens is 279 g/mol. The molecule has 5 heteroatoms. The molecule has 0 bridgehead atoms. The van der Waals surface area contributed by atoms with Gasteiger partial charge < -0.3 is 10.6 Å². The van der Waals surface area contributed by atoms with E-state index in [0.29, 0.717) is 12.6 Å². The highest BCUT2D eigenvalue weighted by atomic mass is 35.5. The number of rotatable bonds is 5. The molecule has 0 aliphatic heterocycles. The number of nitrogens with two attached hydrogens (primary N) is 1. The lowest BCUT2D eigenvalue weighted by molar-refractivity contribution is -0.136. The largest absolute Gasteiger partial charge is 0.335 e. The Bertz CT molecular complexity index is 463. The van der Waals surface area contributed by atoms with Gasteiger partial charge in [0.25, 0.3) is 0 Å². The summed E-state index contributed by atoms with van der Waals surface area (Å²) in [7, 11) is 0. The van der Waals surface area contributed by atoms with E-state index in [1.807, 2.05) is 24.8 Å². The number of hydrogen-bond donors (Lipinski definition) is 1. The van der Waals surface area contributed by atoms with Crippen LogP contribution in [0.15, 0.2) is 24.3 Å². The van der Waals surface area contributed by atoms with E-state index in [1.165, 1.54) is 12.1 Å². The Hall–Kier alpha value is -1.13. The molecule has 2 rings (SSSR count). The van der Waals surface area contributed by atoms with Gasteiger partial charge in [0, 0.05) is 18.6 Å². The number of benzene rings is 1. The molecule has 0 heterocycles. The molecule has 3 nitrogen and oxygen atoms in total. The Kier molecular flexibility index (Phi) is 5.96. The first-order valence-electron chi connectivity index (χ1n) is 6.79. The summed E-state index contributed by atoms with van der Waals surface area (Å²) in [5.41, 5.74) is 6.64.